The van der Waals surface area contributed by atoms with Crippen LogP contribution in [0.15, 0.2) is 12.2 Å². The molecular formula is C9H14N2. The summed E-state index contributed by atoms with van der Waals surface area (Å²) >= 11 is 0. The molecule has 0 spiro atoms. The second-order valence-electron chi connectivity index (χ2n) is 3.17. The van der Waals surface area contributed by atoms with Crippen LogP contribution >= 0.6 is 0 Å². The first kappa shape index (κ1) is 8.29. The molecule has 0 aromatic heterocycles. The Bertz CT molecular complexity index is 178. The van der Waals surface area contributed by atoms with Gasteiger partial charge in [0.05, 0.1) is 6.07 Å². The number of nitrogens with two attached hydrogens (primary N) is 1. The van der Waals surface area contributed by atoms with Crippen LogP contribution in [0.3, 0.4) is 0 Å². The number of rotatable bonds is 1. The molecule has 1 aliphatic carbocycles. The van der Waals surface area contributed by atoms with Gasteiger partial charge in [-0.1, -0.05) is 12.5 Å². The maximum atomic E-state index is 8.29. The van der Waals surface area contributed by atoms with Crippen molar-refractivity contribution >= 4 is 0 Å². The first-order valence-corrected chi connectivity index (χ1v) is 4.15. The molecule has 2 nitrogen and oxygen atoms in total. The zero-order valence-corrected chi connectivity index (χ0v) is 6.66. The van der Waals surface area contributed by atoms with E-state index in [4.69, 9.17) is 11.0 Å². The van der Waals surface area contributed by atoms with Crippen LogP contribution in [-0.4, -0.2) is 6.04 Å². The predicted octanol–water partition coefficient (Wildman–Crippen LogP) is 1.58. The molecule has 0 radical (unpaired) electrons. The highest BCUT2D eigenvalue weighted by atomic mass is 14.6. The topological polar surface area (TPSA) is 49.8 Å². The van der Waals surface area contributed by atoms with E-state index in [2.05, 4.69) is 0 Å². The maximum Gasteiger partial charge on any atom is 0.0908 e. The van der Waals surface area contributed by atoms with Crippen molar-refractivity contribution in [2.45, 2.75) is 31.7 Å². The predicted molar refractivity (Wildman–Crippen MR) is 44.7 cm³/mol. The summed E-state index contributed by atoms with van der Waals surface area (Å²) in [6, 6.07) is 2.37. The lowest BCUT2D eigenvalue weighted by Gasteiger charge is -2.23. The zero-order chi connectivity index (χ0) is 8.10. The normalized spacial score (nSPS) is 32.0. The Balaban J connectivity index is 2.35. The molecule has 0 aromatic carbocycles. The average molecular weight is 150 g/mol. The van der Waals surface area contributed by atoms with E-state index in [1.54, 1.807) is 6.08 Å². The minimum Gasteiger partial charge on any atom is -0.328 e. The fourth-order valence-electron chi connectivity index (χ4n) is 1.62. The fraction of sp³-hybridized carbons (Fsp3) is 0.667. The number of nitriles is 1. The van der Waals surface area contributed by atoms with Crippen molar-refractivity contribution in [1.29, 1.82) is 5.26 Å². The third-order valence-corrected chi connectivity index (χ3v) is 2.20. The van der Waals surface area contributed by atoms with Crippen LogP contribution in [0, 0.1) is 17.2 Å². The SMILES string of the molecule is N#C/C=C/C1CCCC(N)C1. The third kappa shape index (κ3) is 2.73. The Kier molecular flexibility index (Phi) is 3.13. The van der Waals surface area contributed by atoms with Crippen LogP contribution in [0.2, 0.25) is 0 Å². The summed E-state index contributed by atoms with van der Waals surface area (Å²) in [7, 11) is 0. The summed E-state index contributed by atoms with van der Waals surface area (Å²) in [6.07, 6.45) is 8.17. The van der Waals surface area contributed by atoms with Crippen LogP contribution in [0.25, 0.3) is 0 Å². The van der Waals surface area contributed by atoms with Gasteiger partial charge in [0.1, 0.15) is 0 Å². The summed E-state index contributed by atoms with van der Waals surface area (Å²) in [5.74, 6) is 0.554. The van der Waals surface area contributed by atoms with Crippen LogP contribution in [0.1, 0.15) is 25.7 Å². The van der Waals surface area contributed by atoms with Gasteiger partial charge in [-0.15, -0.1) is 0 Å². The Morgan fingerprint density at radius 1 is 1.45 bits per heavy atom. The molecule has 0 aromatic rings. The molecule has 0 bridgehead atoms. The molecule has 60 valence electrons. The van der Waals surface area contributed by atoms with Gasteiger partial charge in [-0.25, -0.2) is 0 Å². The van der Waals surface area contributed by atoms with Crippen LogP contribution in [-0.2, 0) is 0 Å². The van der Waals surface area contributed by atoms with E-state index in [0.717, 1.165) is 12.8 Å². The fourth-order valence-corrected chi connectivity index (χ4v) is 1.62. The summed E-state index contributed by atoms with van der Waals surface area (Å²) in [5.41, 5.74) is 5.78. The van der Waals surface area contributed by atoms with Crippen LogP contribution in [0.5, 0.6) is 0 Å². The summed E-state index contributed by atoms with van der Waals surface area (Å²) in [6.45, 7) is 0. The third-order valence-electron chi connectivity index (χ3n) is 2.20. The zero-order valence-electron chi connectivity index (χ0n) is 6.66. The molecule has 1 rings (SSSR count). The van der Waals surface area contributed by atoms with Gasteiger partial charge >= 0.3 is 0 Å². The monoisotopic (exact) mass is 150 g/mol. The van der Waals surface area contributed by atoms with E-state index in [1.807, 2.05) is 12.1 Å². The summed E-state index contributed by atoms with van der Waals surface area (Å²) < 4.78 is 0. The largest absolute Gasteiger partial charge is 0.328 e. The highest BCUT2D eigenvalue weighted by molar-refractivity contribution is 5.04. The molecule has 1 fully saturated rings. The van der Waals surface area contributed by atoms with E-state index in [0.29, 0.717) is 12.0 Å². The van der Waals surface area contributed by atoms with Gasteiger partial charge < -0.3 is 5.73 Å². The van der Waals surface area contributed by atoms with Crippen molar-refractivity contribution in [3.63, 3.8) is 0 Å². The molecule has 1 saturated carbocycles. The maximum absolute atomic E-state index is 8.29. The first-order valence-electron chi connectivity index (χ1n) is 4.15. The molecule has 0 heterocycles. The van der Waals surface area contributed by atoms with Crippen molar-refractivity contribution in [3.8, 4) is 6.07 Å². The van der Waals surface area contributed by atoms with Crippen LogP contribution in [0.4, 0.5) is 0 Å². The molecule has 1 aliphatic rings. The van der Waals surface area contributed by atoms with E-state index in [1.165, 1.54) is 12.8 Å². The van der Waals surface area contributed by atoms with E-state index in [9.17, 15) is 0 Å². The van der Waals surface area contributed by atoms with Gasteiger partial charge in [0.2, 0.25) is 0 Å². The summed E-state index contributed by atoms with van der Waals surface area (Å²) in [5, 5.41) is 8.29. The van der Waals surface area contributed by atoms with Gasteiger partial charge in [0, 0.05) is 12.1 Å². The van der Waals surface area contributed by atoms with Crippen molar-refractivity contribution in [1.82, 2.24) is 0 Å². The number of nitrogens with zero attached hydrogens (tertiary/aromatic N) is 1. The molecule has 0 aliphatic heterocycles. The molecule has 2 atom stereocenters. The standard InChI is InChI=1S/C9H14N2/c10-6-2-4-8-3-1-5-9(11)7-8/h2,4,8-9H,1,3,5,7,11H2/b4-2+. The van der Waals surface area contributed by atoms with E-state index < -0.39 is 0 Å². The molecule has 2 unspecified atom stereocenters. The van der Waals surface area contributed by atoms with Crippen molar-refractivity contribution in [2.75, 3.05) is 0 Å². The van der Waals surface area contributed by atoms with Crippen molar-refractivity contribution < 1.29 is 0 Å². The molecular weight excluding hydrogens is 136 g/mol. The highest BCUT2D eigenvalue weighted by Gasteiger charge is 2.16. The minimum atomic E-state index is 0.358. The summed E-state index contributed by atoms with van der Waals surface area (Å²) in [4.78, 5) is 0. The molecule has 0 saturated heterocycles. The van der Waals surface area contributed by atoms with E-state index >= 15 is 0 Å². The lowest BCUT2D eigenvalue weighted by atomic mass is 9.86. The quantitative estimate of drug-likeness (QED) is 0.577. The van der Waals surface area contributed by atoms with Gasteiger partial charge in [0.25, 0.3) is 0 Å². The van der Waals surface area contributed by atoms with Gasteiger partial charge in [-0.2, -0.15) is 5.26 Å². The van der Waals surface area contributed by atoms with E-state index in [-0.39, 0.29) is 0 Å². The number of hydrogen-bond acceptors (Lipinski definition) is 2. The molecule has 11 heavy (non-hydrogen) atoms. The van der Waals surface area contributed by atoms with Gasteiger partial charge in [0.15, 0.2) is 0 Å². The lowest BCUT2D eigenvalue weighted by Crippen LogP contribution is -2.26. The number of allylic oxidation sites excluding steroid dienone is 2. The molecule has 2 heteroatoms. The second kappa shape index (κ2) is 4.15. The number of hydrogen-bond donors (Lipinski definition) is 1. The highest BCUT2D eigenvalue weighted by Crippen LogP contribution is 2.23. The van der Waals surface area contributed by atoms with Crippen LogP contribution < -0.4 is 5.73 Å². The average Bonchev–Trinajstić information content (AvgIpc) is 2.01. The Morgan fingerprint density at radius 2 is 2.27 bits per heavy atom. The van der Waals surface area contributed by atoms with Crippen molar-refractivity contribution in [3.05, 3.63) is 12.2 Å². The molecule has 2 N–H and O–H groups in total. The first-order chi connectivity index (χ1) is 5.33. The molecule has 0 amide bonds. The van der Waals surface area contributed by atoms with Gasteiger partial charge in [-0.3, -0.25) is 0 Å². The Hall–Kier alpha value is -0.810. The Labute approximate surface area is 67.7 Å². The second-order valence-corrected chi connectivity index (χ2v) is 3.17. The van der Waals surface area contributed by atoms with Crippen molar-refractivity contribution in [2.24, 2.45) is 11.7 Å². The minimum absolute atomic E-state index is 0.358. The Morgan fingerprint density at radius 3 is 2.91 bits per heavy atom. The lowest BCUT2D eigenvalue weighted by molar-refractivity contribution is 0.372. The smallest absolute Gasteiger partial charge is 0.0908 e. The van der Waals surface area contributed by atoms with Gasteiger partial charge in [-0.05, 0) is 25.2 Å².